The van der Waals surface area contributed by atoms with Crippen LogP contribution in [0.2, 0.25) is 5.02 Å². The lowest BCUT2D eigenvalue weighted by atomic mass is 10.2. The molecule has 0 unspecified atom stereocenters. The molecule has 8 nitrogen and oxygen atoms in total. The maximum atomic E-state index is 12.5. The summed E-state index contributed by atoms with van der Waals surface area (Å²) in [4.78, 5) is 10.5. The van der Waals surface area contributed by atoms with Crippen LogP contribution in [0.5, 0.6) is 0 Å². The molecule has 3 aromatic rings. The molecule has 0 aliphatic carbocycles. The predicted molar refractivity (Wildman–Crippen MR) is 106 cm³/mol. The van der Waals surface area contributed by atoms with Crippen molar-refractivity contribution < 1.29 is 17.9 Å². The first kappa shape index (κ1) is 19.6. The van der Waals surface area contributed by atoms with E-state index < -0.39 is 14.9 Å². The molecule has 2 aromatic carbocycles. The fraction of sp³-hybridized carbons (Fsp3) is 0.0556. The Balaban J connectivity index is 1.79. The number of hydrogen-bond donors (Lipinski definition) is 1. The number of anilines is 1. The summed E-state index contributed by atoms with van der Waals surface area (Å²) in [5, 5.41) is 15.0. The number of rotatable bonds is 6. The van der Waals surface area contributed by atoms with Crippen LogP contribution in [0, 0.1) is 17.0 Å². The summed E-state index contributed by atoms with van der Waals surface area (Å²) in [5.74, 6) is 0.0156. The summed E-state index contributed by atoms with van der Waals surface area (Å²) in [6.07, 6.45) is 2.97. The number of nitrogens with one attached hydrogen (secondary N) is 1. The monoisotopic (exact) mass is 419 g/mol. The highest BCUT2D eigenvalue weighted by atomic mass is 35.5. The Morgan fingerprint density at radius 3 is 2.54 bits per heavy atom. The van der Waals surface area contributed by atoms with Gasteiger partial charge in [0.25, 0.3) is 10.0 Å². The number of hydrogen-bond acceptors (Lipinski definition) is 6. The minimum absolute atomic E-state index is 0.0156. The first-order valence-corrected chi connectivity index (χ1v) is 9.79. The number of nitro groups is 1. The second-order valence-electron chi connectivity index (χ2n) is 5.76. The van der Waals surface area contributed by atoms with Gasteiger partial charge >= 0.3 is 5.69 Å². The first-order valence-electron chi connectivity index (χ1n) is 7.93. The molecule has 0 amide bonds. The van der Waals surface area contributed by atoms with Gasteiger partial charge in [-0.05, 0) is 48.9 Å². The lowest BCUT2D eigenvalue weighted by Crippen LogP contribution is -2.12. The molecule has 28 heavy (non-hydrogen) atoms. The van der Waals surface area contributed by atoms with Crippen LogP contribution in [0.25, 0.3) is 12.2 Å². The zero-order valence-corrected chi connectivity index (χ0v) is 16.1. The van der Waals surface area contributed by atoms with Crippen molar-refractivity contribution in [2.24, 2.45) is 0 Å². The summed E-state index contributed by atoms with van der Waals surface area (Å²) >= 11 is 5.86. The molecule has 0 aliphatic heterocycles. The number of sulfonamides is 1. The zero-order chi connectivity index (χ0) is 20.3. The molecule has 0 radical (unpaired) electrons. The fourth-order valence-corrected chi connectivity index (χ4v) is 3.65. The minimum Gasteiger partial charge on any atom is -0.349 e. The van der Waals surface area contributed by atoms with Gasteiger partial charge in [0.05, 0.1) is 15.5 Å². The van der Waals surface area contributed by atoms with Crippen LogP contribution in [-0.4, -0.2) is 18.5 Å². The van der Waals surface area contributed by atoms with E-state index in [1.54, 1.807) is 36.4 Å². The maximum Gasteiger partial charge on any atom is 0.338 e. The average molecular weight is 420 g/mol. The molecule has 0 spiro atoms. The van der Waals surface area contributed by atoms with Crippen LogP contribution in [-0.2, 0) is 10.0 Å². The van der Waals surface area contributed by atoms with Crippen molar-refractivity contribution in [2.45, 2.75) is 11.8 Å². The fourth-order valence-electron chi connectivity index (χ4n) is 2.41. The van der Waals surface area contributed by atoms with Gasteiger partial charge in [-0.2, -0.15) is 0 Å². The molecule has 1 heterocycles. The highest BCUT2D eigenvalue weighted by Gasteiger charge is 2.22. The van der Waals surface area contributed by atoms with Crippen LogP contribution in [0.15, 0.2) is 57.9 Å². The standard InChI is InChI=1S/C18H14ClN3O5S/c1-12-18(22(23)24)17(27-20-12)10-7-13-5-8-16(9-6-13)28(25,26)21-15-4-2-3-14(19)11-15/h2-11,21H,1H3. The molecule has 1 aromatic heterocycles. The number of halogens is 1. The third kappa shape index (κ3) is 4.38. The Labute approximate surface area is 165 Å². The normalized spacial score (nSPS) is 11.6. The SMILES string of the molecule is Cc1noc(C=Cc2ccc(S(=O)(=O)Nc3cccc(Cl)c3)cc2)c1[N+](=O)[O-]. The van der Waals surface area contributed by atoms with E-state index in [1.165, 1.54) is 31.2 Å². The zero-order valence-electron chi connectivity index (χ0n) is 14.5. The van der Waals surface area contributed by atoms with Crippen molar-refractivity contribution in [3.05, 3.63) is 80.7 Å². The lowest BCUT2D eigenvalue weighted by molar-refractivity contribution is -0.386. The van der Waals surface area contributed by atoms with Crippen LogP contribution < -0.4 is 4.72 Å². The number of aryl methyl sites for hydroxylation is 1. The van der Waals surface area contributed by atoms with Crippen molar-refractivity contribution in [3.8, 4) is 0 Å². The molecule has 1 N–H and O–H groups in total. The quantitative estimate of drug-likeness (QED) is 0.464. The Morgan fingerprint density at radius 1 is 1.18 bits per heavy atom. The molecule has 0 bridgehead atoms. The summed E-state index contributed by atoms with van der Waals surface area (Å²) in [5.41, 5.74) is 0.953. The van der Waals surface area contributed by atoms with E-state index >= 15 is 0 Å². The first-order chi connectivity index (χ1) is 13.3. The van der Waals surface area contributed by atoms with Gasteiger partial charge < -0.3 is 4.52 Å². The molecule has 144 valence electrons. The van der Waals surface area contributed by atoms with Crippen LogP contribution >= 0.6 is 11.6 Å². The van der Waals surface area contributed by atoms with Crippen molar-refractivity contribution in [1.82, 2.24) is 5.16 Å². The molecule has 0 saturated carbocycles. The van der Waals surface area contributed by atoms with Gasteiger partial charge in [0.2, 0.25) is 5.76 Å². The van der Waals surface area contributed by atoms with Gasteiger partial charge in [-0.25, -0.2) is 8.42 Å². The molecular formula is C18H14ClN3O5S. The second-order valence-corrected chi connectivity index (χ2v) is 7.88. The molecule has 0 saturated heterocycles. The Bertz CT molecular complexity index is 1150. The average Bonchev–Trinajstić information content (AvgIpc) is 3.01. The van der Waals surface area contributed by atoms with Crippen LogP contribution in [0.1, 0.15) is 17.0 Å². The maximum absolute atomic E-state index is 12.5. The molecule has 3 rings (SSSR count). The van der Waals surface area contributed by atoms with E-state index in [9.17, 15) is 18.5 Å². The Hall–Kier alpha value is -3.17. The largest absolute Gasteiger partial charge is 0.349 e. The summed E-state index contributed by atoms with van der Waals surface area (Å²) < 4.78 is 32.3. The number of nitrogens with zero attached hydrogens (tertiary/aromatic N) is 2. The van der Waals surface area contributed by atoms with Crippen molar-refractivity contribution in [2.75, 3.05) is 4.72 Å². The van der Waals surface area contributed by atoms with Gasteiger partial charge in [-0.15, -0.1) is 0 Å². The highest BCUT2D eigenvalue weighted by Crippen LogP contribution is 2.25. The van der Waals surface area contributed by atoms with E-state index in [2.05, 4.69) is 9.88 Å². The van der Waals surface area contributed by atoms with E-state index in [0.29, 0.717) is 16.3 Å². The topological polar surface area (TPSA) is 115 Å². The third-order valence-electron chi connectivity index (χ3n) is 3.73. The van der Waals surface area contributed by atoms with Gasteiger partial charge in [0.1, 0.15) is 0 Å². The predicted octanol–water partition coefficient (Wildman–Crippen LogP) is 4.52. The summed E-state index contributed by atoms with van der Waals surface area (Å²) in [6.45, 7) is 1.48. The van der Waals surface area contributed by atoms with E-state index in [1.807, 2.05) is 0 Å². The summed E-state index contributed by atoms with van der Waals surface area (Å²) in [6, 6.07) is 12.4. The number of benzene rings is 2. The van der Waals surface area contributed by atoms with E-state index in [-0.39, 0.29) is 22.0 Å². The smallest absolute Gasteiger partial charge is 0.338 e. The third-order valence-corrected chi connectivity index (χ3v) is 5.37. The van der Waals surface area contributed by atoms with Crippen LogP contribution in [0.4, 0.5) is 11.4 Å². The molecule has 0 fully saturated rings. The Kier molecular flexibility index (Phi) is 5.48. The molecular weight excluding hydrogens is 406 g/mol. The van der Waals surface area contributed by atoms with Crippen LogP contribution in [0.3, 0.4) is 0 Å². The highest BCUT2D eigenvalue weighted by molar-refractivity contribution is 7.92. The van der Waals surface area contributed by atoms with E-state index in [0.717, 1.165) is 0 Å². The van der Waals surface area contributed by atoms with Gasteiger partial charge in [-0.1, -0.05) is 41.0 Å². The second kappa shape index (κ2) is 7.83. The minimum atomic E-state index is -3.78. The molecule has 0 aliphatic rings. The van der Waals surface area contributed by atoms with Gasteiger partial charge in [0.15, 0.2) is 5.69 Å². The van der Waals surface area contributed by atoms with Crippen molar-refractivity contribution in [1.29, 1.82) is 0 Å². The lowest BCUT2D eigenvalue weighted by Gasteiger charge is -2.08. The molecule has 10 heteroatoms. The Morgan fingerprint density at radius 2 is 1.89 bits per heavy atom. The van der Waals surface area contributed by atoms with E-state index in [4.69, 9.17) is 16.1 Å². The van der Waals surface area contributed by atoms with Gasteiger partial charge in [-0.3, -0.25) is 14.8 Å². The van der Waals surface area contributed by atoms with Crippen molar-refractivity contribution >= 4 is 45.2 Å². The number of aromatic nitrogens is 1. The van der Waals surface area contributed by atoms with Crippen molar-refractivity contribution in [3.63, 3.8) is 0 Å². The molecule has 0 atom stereocenters. The van der Waals surface area contributed by atoms with Gasteiger partial charge in [0, 0.05) is 5.02 Å². The summed E-state index contributed by atoms with van der Waals surface area (Å²) in [7, 11) is -3.78.